The molecule has 1 rings (SSSR count). The third kappa shape index (κ3) is 2.56. The molecule has 3 nitrogen and oxygen atoms in total. The van der Waals surface area contributed by atoms with Gasteiger partial charge in [-0.25, -0.2) is 0 Å². The molecular formula is C11H19NO2. The Balaban J connectivity index is 2.48. The predicted octanol–water partition coefficient (Wildman–Crippen LogP) is 1.82. The lowest BCUT2D eigenvalue weighted by Crippen LogP contribution is -2.26. The molecule has 1 aliphatic rings. The molecule has 0 aromatic heterocycles. The molecule has 0 radical (unpaired) electrons. The molecule has 0 spiro atoms. The molecule has 1 saturated heterocycles. The first kappa shape index (κ1) is 11.2. The lowest BCUT2D eigenvalue weighted by Gasteiger charge is -2.19. The summed E-state index contributed by atoms with van der Waals surface area (Å²) in [6, 6.07) is 0. The molecule has 14 heavy (non-hydrogen) atoms. The van der Waals surface area contributed by atoms with Crippen molar-refractivity contribution < 1.29 is 9.59 Å². The molecule has 1 fully saturated rings. The smallest absolute Gasteiger partial charge is 0.232 e. The van der Waals surface area contributed by atoms with Crippen LogP contribution in [-0.2, 0) is 9.59 Å². The minimum Gasteiger partial charge on any atom is -0.285 e. The summed E-state index contributed by atoms with van der Waals surface area (Å²) in [6.45, 7) is 6.45. The van der Waals surface area contributed by atoms with Crippen LogP contribution in [0, 0.1) is 11.3 Å². The minimum atomic E-state index is -0.0632. The van der Waals surface area contributed by atoms with Gasteiger partial charge in [0, 0.05) is 19.4 Å². The average Bonchev–Trinajstić information content (AvgIpc) is 2.28. The number of amides is 2. The van der Waals surface area contributed by atoms with E-state index < -0.39 is 0 Å². The maximum absolute atomic E-state index is 11.5. The van der Waals surface area contributed by atoms with E-state index in [2.05, 4.69) is 20.8 Å². The molecule has 0 saturated carbocycles. The van der Waals surface area contributed by atoms with Gasteiger partial charge in [-0.05, 0) is 18.3 Å². The topological polar surface area (TPSA) is 37.4 Å². The first-order valence-corrected chi connectivity index (χ1v) is 5.11. The summed E-state index contributed by atoms with van der Waals surface area (Å²) >= 11 is 0. The zero-order chi connectivity index (χ0) is 10.9. The third-order valence-corrected chi connectivity index (χ3v) is 2.72. The SMILES string of the molecule is CN1C(=O)CC(CCC(C)(C)C)C1=O. The number of carbonyl (C=O) groups excluding carboxylic acids is 2. The van der Waals surface area contributed by atoms with Crippen LogP contribution >= 0.6 is 0 Å². The summed E-state index contributed by atoms with van der Waals surface area (Å²) < 4.78 is 0. The maximum atomic E-state index is 11.5. The second-order valence-corrected chi connectivity index (χ2v) is 5.29. The summed E-state index contributed by atoms with van der Waals surface area (Å²) in [6.07, 6.45) is 2.23. The van der Waals surface area contributed by atoms with Gasteiger partial charge in [-0.15, -0.1) is 0 Å². The van der Waals surface area contributed by atoms with Gasteiger partial charge in [0.2, 0.25) is 11.8 Å². The van der Waals surface area contributed by atoms with Crippen LogP contribution in [-0.4, -0.2) is 23.8 Å². The Labute approximate surface area is 85.5 Å². The van der Waals surface area contributed by atoms with Gasteiger partial charge in [-0.1, -0.05) is 20.8 Å². The molecule has 1 aliphatic heterocycles. The molecule has 0 N–H and O–H groups in total. The van der Waals surface area contributed by atoms with Crippen molar-refractivity contribution in [1.29, 1.82) is 0 Å². The van der Waals surface area contributed by atoms with E-state index in [1.54, 1.807) is 7.05 Å². The van der Waals surface area contributed by atoms with Crippen molar-refractivity contribution >= 4 is 11.8 Å². The fourth-order valence-electron chi connectivity index (χ4n) is 1.66. The Hall–Kier alpha value is -0.860. The van der Waals surface area contributed by atoms with Gasteiger partial charge >= 0.3 is 0 Å². The van der Waals surface area contributed by atoms with Crippen LogP contribution in [0.15, 0.2) is 0 Å². The first-order valence-electron chi connectivity index (χ1n) is 5.11. The molecule has 80 valence electrons. The third-order valence-electron chi connectivity index (χ3n) is 2.72. The van der Waals surface area contributed by atoms with Crippen LogP contribution < -0.4 is 0 Å². The highest BCUT2D eigenvalue weighted by Crippen LogP contribution is 2.28. The molecule has 0 aromatic rings. The minimum absolute atomic E-state index is 0.000694. The number of carbonyl (C=O) groups is 2. The number of nitrogens with zero attached hydrogens (tertiary/aromatic N) is 1. The lowest BCUT2D eigenvalue weighted by atomic mass is 9.86. The molecule has 3 heteroatoms. The van der Waals surface area contributed by atoms with Crippen molar-refractivity contribution in [3.8, 4) is 0 Å². The van der Waals surface area contributed by atoms with E-state index in [9.17, 15) is 9.59 Å². The van der Waals surface area contributed by atoms with Crippen LogP contribution in [0.25, 0.3) is 0 Å². The first-order chi connectivity index (χ1) is 6.31. The van der Waals surface area contributed by atoms with Gasteiger partial charge in [0.25, 0.3) is 0 Å². The number of hydrogen-bond acceptors (Lipinski definition) is 2. The van der Waals surface area contributed by atoms with Crippen LogP contribution in [0.3, 0.4) is 0 Å². The Morgan fingerprint density at radius 2 is 1.93 bits per heavy atom. The quantitative estimate of drug-likeness (QED) is 0.633. The van der Waals surface area contributed by atoms with Crippen LogP contribution in [0.4, 0.5) is 0 Å². The molecule has 1 heterocycles. The zero-order valence-electron chi connectivity index (χ0n) is 9.46. The van der Waals surface area contributed by atoms with Gasteiger partial charge in [0.1, 0.15) is 0 Å². The van der Waals surface area contributed by atoms with Gasteiger partial charge in [0.05, 0.1) is 0 Å². The highest BCUT2D eigenvalue weighted by Gasteiger charge is 2.35. The Morgan fingerprint density at radius 3 is 2.29 bits per heavy atom. The van der Waals surface area contributed by atoms with Crippen molar-refractivity contribution in [3.05, 3.63) is 0 Å². The molecule has 1 atom stereocenters. The van der Waals surface area contributed by atoms with E-state index in [0.29, 0.717) is 6.42 Å². The number of likely N-dealkylation sites (tertiary alicyclic amines) is 1. The van der Waals surface area contributed by atoms with E-state index in [1.165, 1.54) is 4.90 Å². The van der Waals surface area contributed by atoms with Gasteiger partial charge < -0.3 is 0 Å². The Bertz CT molecular complexity index is 253. The second kappa shape index (κ2) is 3.71. The van der Waals surface area contributed by atoms with Crippen LogP contribution in [0.1, 0.15) is 40.0 Å². The number of imide groups is 1. The summed E-state index contributed by atoms with van der Waals surface area (Å²) in [4.78, 5) is 24.0. The normalized spacial score (nSPS) is 23.4. The molecular weight excluding hydrogens is 178 g/mol. The van der Waals surface area contributed by atoms with E-state index in [0.717, 1.165) is 12.8 Å². The van der Waals surface area contributed by atoms with Crippen LogP contribution in [0.5, 0.6) is 0 Å². The number of rotatable bonds is 2. The average molecular weight is 197 g/mol. The van der Waals surface area contributed by atoms with E-state index in [4.69, 9.17) is 0 Å². The monoisotopic (exact) mass is 197 g/mol. The van der Waals surface area contributed by atoms with Gasteiger partial charge in [-0.2, -0.15) is 0 Å². The van der Waals surface area contributed by atoms with Crippen LogP contribution in [0.2, 0.25) is 0 Å². The molecule has 2 amide bonds. The van der Waals surface area contributed by atoms with Crippen molar-refractivity contribution in [1.82, 2.24) is 4.90 Å². The van der Waals surface area contributed by atoms with E-state index >= 15 is 0 Å². The standard InChI is InChI=1S/C11H19NO2/c1-11(2,3)6-5-8-7-9(13)12(4)10(8)14/h8H,5-7H2,1-4H3. The van der Waals surface area contributed by atoms with Crippen molar-refractivity contribution in [2.45, 2.75) is 40.0 Å². The van der Waals surface area contributed by atoms with Crippen molar-refractivity contribution in [3.63, 3.8) is 0 Å². The maximum Gasteiger partial charge on any atom is 0.232 e. The van der Waals surface area contributed by atoms with Gasteiger partial charge in [0.15, 0.2) is 0 Å². The molecule has 0 bridgehead atoms. The van der Waals surface area contributed by atoms with Crippen molar-refractivity contribution in [2.24, 2.45) is 11.3 Å². The molecule has 0 aromatic carbocycles. The zero-order valence-corrected chi connectivity index (χ0v) is 9.46. The fourth-order valence-corrected chi connectivity index (χ4v) is 1.66. The summed E-state index contributed by atoms with van der Waals surface area (Å²) in [7, 11) is 1.57. The number of hydrogen-bond donors (Lipinski definition) is 0. The summed E-state index contributed by atoms with van der Waals surface area (Å²) in [5.41, 5.74) is 0.241. The van der Waals surface area contributed by atoms with Crippen molar-refractivity contribution in [2.75, 3.05) is 7.05 Å². The highest BCUT2D eigenvalue weighted by atomic mass is 16.2. The summed E-state index contributed by atoms with van der Waals surface area (Å²) in [5, 5.41) is 0. The Kier molecular flexibility index (Phi) is 2.98. The summed E-state index contributed by atoms with van der Waals surface area (Å²) in [5.74, 6) is -0.0973. The second-order valence-electron chi connectivity index (χ2n) is 5.29. The van der Waals surface area contributed by atoms with Gasteiger partial charge in [-0.3, -0.25) is 14.5 Å². The fraction of sp³-hybridized carbons (Fsp3) is 0.818. The predicted molar refractivity (Wildman–Crippen MR) is 54.6 cm³/mol. The highest BCUT2D eigenvalue weighted by molar-refractivity contribution is 6.03. The molecule has 0 aliphatic carbocycles. The Morgan fingerprint density at radius 1 is 1.36 bits per heavy atom. The lowest BCUT2D eigenvalue weighted by molar-refractivity contribution is -0.137. The largest absolute Gasteiger partial charge is 0.285 e. The van der Waals surface area contributed by atoms with E-state index in [1.807, 2.05) is 0 Å². The van der Waals surface area contributed by atoms with E-state index in [-0.39, 0.29) is 23.1 Å². The molecule has 1 unspecified atom stereocenters.